The molecule has 0 aliphatic heterocycles. The number of rotatable bonds is 6. The Morgan fingerprint density at radius 3 is 2.35 bits per heavy atom. The molecule has 142 valence electrons. The Morgan fingerprint density at radius 2 is 1.77 bits per heavy atom. The van der Waals surface area contributed by atoms with Crippen molar-refractivity contribution in [3.05, 3.63) is 39.9 Å². The van der Waals surface area contributed by atoms with Gasteiger partial charge in [-0.2, -0.15) is 0 Å². The molecule has 0 N–H and O–H groups in total. The number of carbonyl (C=O) groups is 2. The molecule has 1 aromatic carbocycles. The van der Waals surface area contributed by atoms with Gasteiger partial charge in [-0.15, -0.1) is 0 Å². The van der Waals surface area contributed by atoms with Crippen molar-refractivity contribution in [2.45, 2.75) is 57.8 Å². The number of hydrogen-bond donors (Lipinski definition) is 0. The van der Waals surface area contributed by atoms with E-state index in [0.717, 1.165) is 0 Å². The zero-order chi connectivity index (χ0) is 19.3. The largest absolute Gasteiger partial charge is 0.459 e. The maximum atomic E-state index is 12.1. The minimum absolute atomic E-state index is 0.0852. The molecule has 1 aromatic rings. The molecule has 1 saturated carbocycles. The molecule has 8 nitrogen and oxygen atoms in total. The van der Waals surface area contributed by atoms with E-state index in [9.17, 15) is 19.7 Å². The van der Waals surface area contributed by atoms with Gasteiger partial charge in [-0.05, 0) is 45.7 Å². The quantitative estimate of drug-likeness (QED) is 0.433. The number of benzene rings is 1. The monoisotopic (exact) mass is 365 g/mol. The first-order valence-corrected chi connectivity index (χ1v) is 8.43. The molecule has 0 bridgehead atoms. The van der Waals surface area contributed by atoms with Crippen molar-refractivity contribution in [1.82, 2.24) is 0 Å². The summed E-state index contributed by atoms with van der Waals surface area (Å²) in [7, 11) is 0. The second kappa shape index (κ2) is 8.27. The summed E-state index contributed by atoms with van der Waals surface area (Å²) in [5, 5.41) is 10.6. The van der Waals surface area contributed by atoms with Gasteiger partial charge in [0.15, 0.2) is 0 Å². The Morgan fingerprint density at radius 1 is 1.15 bits per heavy atom. The molecule has 26 heavy (non-hydrogen) atoms. The van der Waals surface area contributed by atoms with Crippen LogP contribution in [0.15, 0.2) is 24.3 Å². The smallest absolute Gasteiger partial charge is 0.338 e. The standard InChI is InChI=1S/C18H23NO7/c1-18(2,3)26-16(20)11-24-14-8-9-15(10-14)25-17(21)12-4-6-13(7-5-12)19(22)23/h4-7,14-15H,8-11H2,1-3H3/t14-,15+/m1/s1. The van der Waals surface area contributed by atoms with E-state index in [1.807, 2.05) is 0 Å². The van der Waals surface area contributed by atoms with Gasteiger partial charge in [-0.25, -0.2) is 9.59 Å². The van der Waals surface area contributed by atoms with Crippen LogP contribution in [0.2, 0.25) is 0 Å². The summed E-state index contributed by atoms with van der Waals surface area (Å²) in [6.07, 6.45) is 1.35. The van der Waals surface area contributed by atoms with E-state index in [4.69, 9.17) is 14.2 Å². The van der Waals surface area contributed by atoms with Crippen LogP contribution in [0, 0.1) is 10.1 Å². The van der Waals surface area contributed by atoms with Gasteiger partial charge >= 0.3 is 11.9 Å². The van der Waals surface area contributed by atoms with Crippen molar-refractivity contribution >= 4 is 17.6 Å². The zero-order valence-electron chi connectivity index (χ0n) is 15.1. The lowest BCUT2D eigenvalue weighted by Crippen LogP contribution is -2.28. The number of esters is 2. The van der Waals surface area contributed by atoms with E-state index >= 15 is 0 Å². The van der Waals surface area contributed by atoms with Crippen molar-refractivity contribution in [2.75, 3.05) is 6.61 Å². The molecule has 0 heterocycles. The fourth-order valence-corrected chi connectivity index (χ4v) is 2.65. The summed E-state index contributed by atoms with van der Waals surface area (Å²) in [6.45, 7) is 5.22. The van der Waals surface area contributed by atoms with Gasteiger partial charge in [0.25, 0.3) is 5.69 Å². The third-order valence-electron chi connectivity index (χ3n) is 3.78. The zero-order valence-corrected chi connectivity index (χ0v) is 15.1. The summed E-state index contributed by atoms with van der Waals surface area (Å²) < 4.78 is 16.1. The Labute approximate surface area is 151 Å². The Bertz CT molecular complexity index is 663. The van der Waals surface area contributed by atoms with Gasteiger partial charge < -0.3 is 14.2 Å². The lowest BCUT2D eigenvalue weighted by atomic mass is 10.2. The molecule has 0 saturated heterocycles. The van der Waals surface area contributed by atoms with Crippen LogP contribution in [0.4, 0.5) is 5.69 Å². The molecule has 1 aliphatic carbocycles. The van der Waals surface area contributed by atoms with Crippen molar-refractivity contribution in [3.8, 4) is 0 Å². The van der Waals surface area contributed by atoms with Gasteiger partial charge in [0.2, 0.25) is 0 Å². The molecule has 2 atom stereocenters. The van der Waals surface area contributed by atoms with Crippen LogP contribution in [-0.4, -0.2) is 41.3 Å². The average Bonchev–Trinajstić information content (AvgIpc) is 2.99. The van der Waals surface area contributed by atoms with Crippen molar-refractivity contribution in [3.63, 3.8) is 0 Å². The summed E-state index contributed by atoms with van der Waals surface area (Å²) >= 11 is 0. The molecular formula is C18H23NO7. The van der Waals surface area contributed by atoms with Crippen LogP contribution in [0.1, 0.15) is 50.4 Å². The molecule has 8 heteroatoms. The molecule has 0 amide bonds. The van der Waals surface area contributed by atoms with Crippen LogP contribution in [0.3, 0.4) is 0 Å². The predicted molar refractivity (Wildman–Crippen MR) is 91.7 cm³/mol. The highest BCUT2D eigenvalue weighted by Gasteiger charge is 2.29. The summed E-state index contributed by atoms with van der Waals surface area (Å²) in [6, 6.07) is 5.26. The van der Waals surface area contributed by atoms with Crippen LogP contribution >= 0.6 is 0 Å². The van der Waals surface area contributed by atoms with Crippen LogP contribution in [0.5, 0.6) is 0 Å². The fraction of sp³-hybridized carbons (Fsp3) is 0.556. The number of nitro benzene ring substituents is 1. The molecule has 0 spiro atoms. The topological polar surface area (TPSA) is 105 Å². The maximum Gasteiger partial charge on any atom is 0.338 e. The number of nitro groups is 1. The molecular weight excluding hydrogens is 342 g/mol. The van der Waals surface area contributed by atoms with Crippen LogP contribution in [-0.2, 0) is 19.0 Å². The maximum absolute atomic E-state index is 12.1. The number of nitrogens with zero attached hydrogens (tertiary/aromatic N) is 1. The Hall–Kier alpha value is -2.48. The number of hydrogen-bond acceptors (Lipinski definition) is 7. The lowest BCUT2D eigenvalue weighted by molar-refractivity contribution is -0.384. The van der Waals surface area contributed by atoms with Gasteiger partial charge in [-0.1, -0.05) is 0 Å². The van der Waals surface area contributed by atoms with Gasteiger partial charge in [0.1, 0.15) is 18.3 Å². The SMILES string of the molecule is CC(C)(C)OC(=O)CO[C@@H]1CC[C@H](OC(=O)c2ccc([N+](=O)[O-])cc2)C1. The van der Waals surface area contributed by atoms with E-state index in [2.05, 4.69) is 0 Å². The fourth-order valence-electron chi connectivity index (χ4n) is 2.65. The summed E-state index contributed by atoms with van der Waals surface area (Å²) in [4.78, 5) is 33.9. The van der Waals surface area contributed by atoms with Crippen LogP contribution < -0.4 is 0 Å². The lowest BCUT2D eigenvalue weighted by Gasteiger charge is -2.20. The van der Waals surface area contributed by atoms with Crippen LogP contribution in [0.25, 0.3) is 0 Å². The van der Waals surface area contributed by atoms with Crippen molar-refractivity contribution in [2.24, 2.45) is 0 Å². The molecule has 0 unspecified atom stereocenters. The second-order valence-corrected chi connectivity index (χ2v) is 7.16. The van der Waals surface area contributed by atoms with Crippen molar-refractivity contribution in [1.29, 1.82) is 0 Å². The van der Waals surface area contributed by atoms with E-state index in [-0.39, 0.29) is 30.1 Å². The molecule has 2 rings (SSSR count). The highest BCUT2D eigenvalue weighted by Crippen LogP contribution is 2.26. The van der Waals surface area contributed by atoms with E-state index in [1.54, 1.807) is 20.8 Å². The molecule has 1 aliphatic rings. The third-order valence-corrected chi connectivity index (χ3v) is 3.78. The number of carbonyl (C=O) groups excluding carboxylic acids is 2. The molecule has 1 fully saturated rings. The van der Waals surface area contributed by atoms with Gasteiger partial charge in [0.05, 0.1) is 16.6 Å². The second-order valence-electron chi connectivity index (χ2n) is 7.16. The van der Waals surface area contributed by atoms with Crippen molar-refractivity contribution < 1.29 is 28.7 Å². The summed E-state index contributed by atoms with van der Waals surface area (Å²) in [5.74, 6) is -0.957. The first-order valence-electron chi connectivity index (χ1n) is 8.43. The van der Waals surface area contributed by atoms with E-state index in [0.29, 0.717) is 19.3 Å². The molecule has 0 radical (unpaired) electrons. The predicted octanol–water partition coefficient (Wildman–Crippen LogP) is 3.03. The minimum Gasteiger partial charge on any atom is -0.459 e. The highest BCUT2D eigenvalue weighted by atomic mass is 16.6. The van der Waals surface area contributed by atoms with Gasteiger partial charge in [-0.3, -0.25) is 10.1 Å². The van der Waals surface area contributed by atoms with Gasteiger partial charge in [0, 0.05) is 18.6 Å². The number of ether oxygens (including phenoxy) is 3. The number of non-ortho nitro benzene ring substituents is 1. The summed E-state index contributed by atoms with van der Waals surface area (Å²) in [5.41, 5.74) is -0.384. The third kappa shape index (κ3) is 6.11. The molecule has 0 aromatic heterocycles. The van der Waals surface area contributed by atoms with E-state index in [1.165, 1.54) is 24.3 Å². The van der Waals surface area contributed by atoms with E-state index < -0.39 is 22.5 Å². The average molecular weight is 365 g/mol. The first kappa shape index (κ1) is 19.8. The Kier molecular flexibility index (Phi) is 6.31. The normalized spacial score (nSPS) is 19.8. The highest BCUT2D eigenvalue weighted by molar-refractivity contribution is 5.89. The Balaban J connectivity index is 1.77. The minimum atomic E-state index is -0.557. The first-order chi connectivity index (χ1) is 12.1.